The lowest BCUT2D eigenvalue weighted by Gasteiger charge is -2.03. The van der Waals surface area contributed by atoms with E-state index in [2.05, 4.69) is 10.6 Å². The van der Waals surface area contributed by atoms with Gasteiger partial charge in [-0.3, -0.25) is 9.59 Å². The van der Waals surface area contributed by atoms with E-state index in [0.29, 0.717) is 22.6 Å². The Morgan fingerprint density at radius 3 is 2.52 bits per heavy atom. The number of halogens is 1. The molecule has 5 aromatic rings. The molecule has 0 fully saturated rings. The van der Waals surface area contributed by atoms with Crippen molar-refractivity contribution >= 4 is 61.8 Å². The number of fused-ring (bicyclic) bond motifs is 3. The minimum Gasteiger partial charge on any atom is -0.455 e. The third-order valence-electron chi connectivity index (χ3n) is 6.26. The van der Waals surface area contributed by atoms with Crippen LogP contribution in [0.5, 0.6) is 0 Å². The van der Waals surface area contributed by atoms with E-state index in [1.807, 2.05) is 50.4 Å². The number of allylic oxidation sites excluding steroid dienone is 1. The molecule has 0 atom stereocenters. The second kappa shape index (κ2) is 7.30. The Morgan fingerprint density at radius 1 is 1.03 bits per heavy atom. The molecule has 2 aromatic carbocycles. The number of thiophene rings is 1. The number of hydrogen-bond acceptors (Lipinski definition) is 4. The summed E-state index contributed by atoms with van der Waals surface area (Å²) in [7, 11) is 1.99. The molecule has 162 valence electrons. The van der Waals surface area contributed by atoms with Gasteiger partial charge in [0.1, 0.15) is 5.58 Å². The summed E-state index contributed by atoms with van der Waals surface area (Å²) < 4.78 is 9.17. The summed E-state index contributed by atoms with van der Waals surface area (Å²) in [4.78, 5) is 26.8. The van der Waals surface area contributed by atoms with Crippen LogP contribution >= 0.6 is 22.9 Å². The second-order valence-electron chi connectivity index (χ2n) is 8.19. The molecule has 0 amide bonds. The maximum absolute atomic E-state index is 13.0. The Morgan fingerprint density at radius 2 is 1.79 bits per heavy atom. The molecule has 0 N–H and O–H groups in total. The zero-order chi connectivity index (χ0) is 22.9. The van der Waals surface area contributed by atoms with Crippen LogP contribution in [0.4, 0.5) is 0 Å². The maximum atomic E-state index is 13.0. The topological polar surface area (TPSA) is 52.2 Å². The number of aromatic nitrogens is 1. The number of rotatable bonds is 3. The molecule has 0 bridgehead atoms. The molecule has 33 heavy (non-hydrogen) atoms. The first-order chi connectivity index (χ1) is 15.9. The molecule has 0 radical (unpaired) electrons. The molecule has 1 aliphatic carbocycles. The molecular weight excluding hydrogens is 454 g/mol. The lowest BCUT2D eigenvalue weighted by atomic mass is 10.0. The van der Waals surface area contributed by atoms with Crippen molar-refractivity contribution in [1.82, 2.24) is 4.57 Å². The highest BCUT2D eigenvalue weighted by molar-refractivity contribution is 7.19. The maximum Gasteiger partial charge on any atom is 0.197 e. The number of Topliss-reactive ketones (excluding diaryl/α,β-unsaturated/α-hetero) is 2. The van der Waals surface area contributed by atoms with Gasteiger partial charge in [-0.2, -0.15) is 0 Å². The first-order valence-corrected chi connectivity index (χ1v) is 11.9. The van der Waals surface area contributed by atoms with Crippen LogP contribution in [-0.4, -0.2) is 16.1 Å². The Kier molecular flexibility index (Phi) is 4.47. The zero-order valence-corrected chi connectivity index (χ0v) is 19.5. The molecule has 1 aliphatic rings. The molecule has 3 heterocycles. The predicted octanol–water partition coefficient (Wildman–Crippen LogP) is 7.33. The quantitative estimate of drug-likeness (QED) is 0.204. The molecule has 0 saturated carbocycles. The Balaban J connectivity index is 1.39. The molecule has 6 heteroatoms. The smallest absolute Gasteiger partial charge is 0.197 e. The minimum atomic E-state index is -0.264. The standard InChI is InChI=1S/C27H18ClNO3S/c1-3-14-8-17-18(12-20(14)28)27(31)19(26(17)30)10-16-11-22-25(33-16)13-21(29(22)2)24-9-15-6-4-5-7-23(15)32-24/h4-13H,3H2,1-2H3/b19-10-. The third kappa shape index (κ3) is 3.04. The van der Waals surface area contributed by atoms with Crippen LogP contribution in [0, 0.1) is 0 Å². The second-order valence-corrected chi connectivity index (χ2v) is 9.72. The fraction of sp³-hybridized carbons (Fsp3) is 0.111. The highest BCUT2D eigenvalue weighted by Crippen LogP contribution is 2.38. The van der Waals surface area contributed by atoms with Crippen molar-refractivity contribution in [2.24, 2.45) is 7.05 Å². The van der Waals surface area contributed by atoms with Crippen LogP contribution in [0.15, 0.2) is 64.6 Å². The highest BCUT2D eigenvalue weighted by Gasteiger charge is 2.34. The van der Waals surface area contributed by atoms with Crippen molar-refractivity contribution in [3.05, 3.63) is 86.8 Å². The predicted molar refractivity (Wildman–Crippen MR) is 133 cm³/mol. The van der Waals surface area contributed by atoms with E-state index in [9.17, 15) is 9.59 Å². The number of benzene rings is 2. The molecule has 3 aromatic heterocycles. The Labute approximate surface area is 198 Å². The number of carbonyl (C=O) groups is 2. The van der Waals surface area contributed by atoms with Crippen molar-refractivity contribution < 1.29 is 14.0 Å². The molecule has 0 aliphatic heterocycles. The van der Waals surface area contributed by atoms with E-state index < -0.39 is 0 Å². The summed E-state index contributed by atoms with van der Waals surface area (Å²) in [5.41, 5.74) is 4.76. The van der Waals surface area contributed by atoms with E-state index in [-0.39, 0.29) is 17.1 Å². The van der Waals surface area contributed by atoms with Crippen LogP contribution in [0.25, 0.3) is 38.7 Å². The first-order valence-electron chi connectivity index (χ1n) is 10.7. The van der Waals surface area contributed by atoms with Gasteiger partial charge in [-0.25, -0.2) is 0 Å². The normalized spacial score (nSPS) is 14.8. The van der Waals surface area contributed by atoms with Crippen molar-refractivity contribution in [3.8, 4) is 11.5 Å². The van der Waals surface area contributed by atoms with Gasteiger partial charge in [-0.15, -0.1) is 11.3 Å². The van der Waals surface area contributed by atoms with Crippen LogP contribution < -0.4 is 0 Å². The van der Waals surface area contributed by atoms with Gasteiger partial charge in [0, 0.05) is 33.5 Å². The lowest BCUT2D eigenvalue weighted by molar-refractivity contribution is 0.0990. The Bertz CT molecular complexity index is 1630. The fourth-order valence-electron chi connectivity index (χ4n) is 4.48. The molecule has 0 unspecified atom stereocenters. The van der Waals surface area contributed by atoms with E-state index in [1.54, 1.807) is 29.5 Å². The summed E-state index contributed by atoms with van der Waals surface area (Å²) >= 11 is 7.83. The molecular formula is C27H18ClNO3S. The van der Waals surface area contributed by atoms with Crippen molar-refractivity contribution in [2.75, 3.05) is 0 Å². The van der Waals surface area contributed by atoms with Crippen molar-refractivity contribution in [3.63, 3.8) is 0 Å². The SMILES string of the molecule is CCc1cc2c(cc1Cl)C(=O)/C(=C\c1cc3c(cc(-c4cc5ccccc5o4)n3C)s1)C2=O. The largest absolute Gasteiger partial charge is 0.455 e. The summed E-state index contributed by atoms with van der Waals surface area (Å²) in [6.07, 6.45) is 2.41. The monoisotopic (exact) mass is 471 g/mol. The average molecular weight is 472 g/mol. The fourth-order valence-corrected chi connectivity index (χ4v) is 5.85. The van der Waals surface area contributed by atoms with Crippen LogP contribution in [0.1, 0.15) is 38.1 Å². The number of para-hydroxylation sites is 1. The van der Waals surface area contributed by atoms with Gasteiger partial charge in [0.25, 0.3) is 0 Å². The summed E-state index contributed by atoms with van der Waals surface area (Å²) in [6.45, 7) is 1.97. The lowest BCUT2D eigenvalue weighted by Crippen LogP contribution is -1.99. The zero-order valence-electron chi connectivity index (χ0n) is 17.9. The number of hydrogen-bond donors (Lipinski definition) is 0. The van der Waals surface area contributed by atoms with Gasteiger partial charge in [0.2, 0.25) is 0 Å². The number of furan rings is 1. The van der Waals surface area contributed by atoms with Gasteiger partial charge in [-0.1, -0.05) is 36.7 Å². The van der Waals surface area contributed by atoms with Crippen LogP contribution in [-0.2, 0) is 13.5 Å². The van der Waals surface area contributed by atoms with E-state index in [1.165, 1.54) is 0 Å². The summed E-state index contributed by atoms with van der Waals surface area (Å²) in [6, 6.07) is 17.4. The Hall–Kier alpha value is -3.41. The number of nitrogens with zero attached hydrogens (tertiary/aromatic N) is 1. The van der Waals surface area contributed by atoms with E-state index in [4.69, 9.17) is 16.0 Å². The minimum absolute atomic E-state index is 0.193. The van der Waals surface area contributed by atoms with Gasteiger partial charge in [0.05, 0.1) is 21.5 Å². The van der Waals surface area contributed by atoms with Crippen LogP contribution in [0.3, 0.4) is 0 Å². The highest BCUT2D eigenvalue weighted by atomic mass is 35.5. The van der Waals surface area contributed by atoms with Gasteiger partial charge < -0.3 is 8.98 Å². The van der Waals surface area contributed by atoms with Gasteiger partial charge in [-0.05, 0) is 54.5 Å². The summed E-state index contributed by atoms with van der Waals surface area (Å²) in [5.74, 6) is 0.309. The first kappa shape index (κ1) is 20.2. The number of carbonyl (C=O) groups excluding carboxylic acids is 2. The van der Waals surface area contributed by atoms with Crippen LogP contribution in [0.2, 0.25) is 5.02 Å². The number of ketones is 2. The van der Waals surface area contributed by atoms with Crippen molar-refractivity contribution in [1.29, 1.82) is 0 Å². The summed E-state index contributed by atoms with van der Waals surface area (Å²) in [5, 5.41) is 1.59. The van der Waals surface area contributed by atoms with Gasteiger partial charge >= 0.3 is 0 Å². The number of aryl methyl sites for hydroxylation is 2. The molecule has 0 saturated heterocycles. The third-order valence-corrected chi connectivity index (χ3v) is 7.63. The van der Waals surface area contributed by atoms with Crippen molar-refractivity contribution in [2.45, 2.75) is 13.3 Å². The van der Waals surface area contributed by atoms with Gasteiger partial charge in [0.15, 0.2) is 17.3 Å². The molecule has 6 rings (SSSR count). The molecule has 0 spiro atoms. The van der Waals surface area contributed by atoms with E-state index >= 15 is 0 Å². The van der Waals surface area contributed by atoms with E-state index in [0.717, 1.165) is 43.1 Å². The molecule has 4 nitrogen and oxygen atoms in total. The average Bonchev–Trinajstić information content (AvgIpc) is 3.53.